The van der Waals surface area contributed by atoms with Gasteiger partial charge in [-0.2, -0.15) is 5.26 Å². The minimum atomic E-state index is -0.0183. The first-order valence-electron chi connectivity index (χ1n) is 8.34. The molecule has 3 rings (SSSR count). The highest BCUT2D eigenvalue weighted by Gasteiger charge is 2.19. The number of methoxy groups -OCH3 is 2. The van der Waals surface area contributed by atoms with E-state index in [1.165, 1.54) is 24.9 Å². The number of halogens is 1. The highest BCUT2D eigenvalue weighted by molar-refractivity contribution is 7.98. The molecule has 148 valence electrons. The summed E-state index contributed by atoms with van der Waals surface area (Å²) in [4.78, 5) is 8.91. The summed E-state index contributed by atoms with van der Waals surface area (Å²) < 4.78 is 10.6. The molecule has 1 aromatic heterocycles. The van der Waals surface area contributed by atoms with Crippen LogP contribution in [0.2, 0.25) is 5.02 Å². The highest BCUT2D eigenvalue weighted by Crippen LogP contribution is 2.37. The number of anilines is 2. The van der Waals surface area contributed by atoms with Gasteiger partial charge >= 0.3 is 0 Å². The zero-order chi connectivity index (χ0) is 21.0. The summed E-state index contributed by atoms with van der Waals surface area (Å²) in [6.45, 7) is 0. The Labute approximate surface area is 177 Å². The lowest BCUT2D eigenvalue weighted by atomic mass is 10.1. The van der Waals surface area contributed by atoms with E-state index in [1.807, 2.05) is 6.26 Å². The van der Waals surface area contributed by atoms with Crippen LogP contribution in [0.1, 0.15) is 5.56 Å². The molecule has 0 radical (unpaired) electrons. The smallest absolute Gasteiger partial charge is 0.189 e. The fourth-order valence-electron chi connectivity index (χ4n) is 2.66. The molecule has 0 saturated heterocycles. The molecule has 0 aliphatic carbocycles. The zero-order valence-corrected chi connectivity index (χ0v) is 17.4. The molecular formula is C20H17ClN4O3S. The van der Waals surface area contributed by atoms with Gasteiger partial charge in [0.2, 0.25) is 0 Å². The minimum Gasteiger partial charge on any atom is -0.506 e. The van der Waals surface area contributed by atoms with E-state index in [2.05, 4.69) is 21.4 Å². The number of nitrogens with one attached hydrogen (secondary N) is 1. The van der Waals surface area contributed by atoms with Crippen molar-refractivity contribution in [3.63, 3.8) is 0 Å². The van der Waals surface area contributed by atoms with E-state index in [-0.39, 0.29) is 17.1 Å². The monoisotopic (exact) mass is 428 g/mol. The number of nitriles is 1. The van der Waals surface area contributed by atoms with E-state index >= 15 is 0 Å². The third kappa shape index (κ3) is 4.31. The van der Waals surface area contributed by atoms with Crippen molar-refractivity contribution < 1.29 is 14.6 Å². The summed E-state index contributed by atoms with van der Waals surface area (Å²) in [5, 5.41) is 23.8. The molecule has 3 aromatic rings. The topological polar surface area (TPSA) is 100 Å². The van der Waals surface area contributed by atoms with Crippen LogP contribution in [0.4, 0.5) is 11.5 Å². The first-order chi connectivity index (χ1) is 14.0. The lowest BCUT2D eigenvalue weighted by Crippen LogP contribution is -2.04. The summed E-state index contributed by atoms with van der Waals surface area (Å²) >= 11 is 7.36. The van der Waals surface area contributed by atoms with Crippen LogP contribution < -0.4 is 14.8 Å². The third-order valence-electron chi connectivity index (χ3n) is 4.05. The van der Waals surface area contributed by atoms with Crippen molar-refractivity contribution in [2.45, 2.75) is 5.16 Å². The van der Waals surface area contributed by atoms with Crippen molar-refractivity contribution in [2.75, 3.05) is 25.8 Å². The average Bonchev–Trinajstić information content (AvgIpc) is 2.75. The molecule has 0 spiro atoms. The molecule has 1 heterocycles. The maximum atomic E-state index is 10.1. The molecular weight excluding hydrogens is 412 g/mol. The van der Waals surface area contributed by atoms with Crippen LogP contribution in [0.5, 0.6) is 17.2 Å². The molecule has 0 aliphatic heterocycles. The summed E-state index contributed by atoms with van der Waals surface area (Å²) in [6, 6.07) is 12.0. The molecule has 29 heavy (non-hydrogen) atoms. The molecule has 0 unspecified atom stereocenters. The van der Waals surface area contributed by atoms with E-state index in [0.29, 0.717) is 38.6 Å². The van der Waals surface area contributed by atoms with Crippen LogP contribution in [-0.4, -0.2) is 35.5 Å². The first kappa shape index (κ1) is 20.6. The SMILES string of the molecule is COc1ccc(-c2nc(SC)nc(Nc3cc(Cl)ccc3O)c2C#N)cc1OC. The quantitative estimate of drug-likeness (QED) is 0.326. The molecule has 2 N–H and O–H groups in total. The predicted octanol–water partition coefficient (Wildman–Crippen LogP) is 4.86. The van der Waals surface area contributed by atoms with Crippen molar-refractivity contribution in [2.24, 2.45) is 0 Å². The number of hydrogen-bond acceptors (Lipinski definition) is 8. The molecule has 0 bridgehead atoms. The largest absolute Gasteiger partial charge is 0.506 e. The Bertz CT molecular complexity index is 1100. The van der Waals surface area contributed by atoms with Gasteiger partial charge in [-0.05, 0) is 42.7 Å². The summed E-state index contributed by atoms with van der Waals surface area (Å²) in [6.07, 6.45) is 1.83. The van der Waals surface area contributed by atoms with E-state index < -0.39 is 0 Å². The Morgan fingerprint density at radius 1 is 1.10 bits per heavy atom. The van der Waals surface area contributed by atoms with Crippen LogP contribution in [-0.2, 0) is 0 Å². The van der Waals surface area contributed by atoms with Crippen molar-refractivity contribution in [1.29, 1.82) is 5.26 Å². The fraction of sp³-hybridized carbons (Fsp3) is 0.150. The Morgan fingerprint density at radius 2 is 1.86 bits per heavy atom. The van der Waals surface area contributed by atoms with Gasteiger partial charge in [-0.15, -0.1) is 0 Å². The van der Waals surface area contributed by atoms with E-state index in [4.69, 9.17) is 21.1 Å². The first-order valence-corrected chi connectivity index (χ1v) is 9.95. The second-order valence-electron chi connectivity index (χ2n) is 5.75. The normalized spacial score (nSPS) is 10.3. The lowest BCUT2D eigenvalue weighted by Gasteiger charge is -2.14. The number of nitrogens with zero attached hydrogens (tertiary/aromatic N) is 3. The molecule has 0 saturated carbocycles. The summed E-state index contributed by atoms with van der Waals surface area (Å²) in [5.74, 6) is 1.32. The van der Waals surface area contributed by atoms with Gasteiger partial charge in [-0.1, -0.05) is 23.4 Å². The van der Waals surface area contributed by atoms with Crippen molar-refractivity contribution in [3.05, 3.63) is 47.0 Å². The van der Waals surface area contributed by atoms with Crippen molar-refractivity contribution >= 4 is 34.9 Å². The van der Waals surface area contributed by atoms with Gasteiger partial charge in [-0.25, -0.2) is 9.97 Å². The number of phenolic OH excluding ortho intramolecular Hbond substituents is 1. The van der Waals surface area contributed by atoms with Gasteiger partial charge in [-0.3, -0.25) is 0 Å². The van der Waals surface area contributed by atoms with E-state index in [0.717, 1.165) is 0 Å². The van der Waals surface area contributed by atoms with Crippen molar-refractivity contribution in [3.8, 4) is 34.6 Å². The number of benzene rings is 2. The summed E-state index contributed by atoms with van der Waals surface area (Å²) in [5.41, 5.74) is 1.64. The standard InChI is InChI=1S/C20H17ClN4O3S/c1-27-16-7-4-11(8-17(16)28-2)18-13(10-22)19(25-20(24-18)29-3)23-14-9-12(21)5-6-15(14)26/h4-9,26H,1-3H3,(H,23,24,25). The Morgan fingerprint density at radius 3 is 2.52 bits per heavy atom. The molecule has 9 heteroatoms. The van der Waals surface area contributed by atoms with Gasteiger partial charge in [0.1, 0.15) is 17.4 Å². The predicted molar refractivity (Wildman–Crippen MR) is 113 cm³/mol. The number of hydrogen-bond donors (Lipinski definition) is 2. The second kappa shape index (κ2) is 8.90. The van der Waals surface area contributed by atoms with E-state index in [9.17, 15) is 10.4 Å². The molecule has 0 amide bonds. The third-order valence-corrected chi connectivity index (χ3v) is 4.83. The molecule has 0 atom stereocenters. The molecule has 7 nitrogen and oxygen atoms in total. The van der Waals surface area contributed by atoms with Crippen LogP contribution >= 0.6 is 23.4 Å². The number of aromatic hydroxyl groups is 1. The molecule has 0 aliphatic rings. The summed E-state index contributed by atoms with van der Waals surface area (Å²) in [7, 11) is 3.09. The number of ether oxygens (including phenoxy) is 2. The minimum absolute atomic E-state index is 0.0183. The molecule has 2 aromatic carbocycles. The van der Waals surface area contributed by atoms with Crippen LogP contribution in [0, 0.1) is 11.3 Å². The number of rotatable bonds is 6. The zero-order valence-electron chi connectivity index (χ0n) is 15.9. The van der Waals surface area contributed by atoms with Crippen LogP contribution in [0.3, 0.4) is 0 Å². The average molecular weight is 429 g/mol. The maximum Gasteiger partial charge on any atom is 0.189 e. The van der Waals surface area contributed by atoms with Crippen LogP contribution in [0.25, 0.3) is 11.3 Å². The van der Waals surface area contributed by atoms with Crippen LogP contribution in [0.15, 0.2) is 41.6 Å². The van der Waals surface area contributed by atoms with Crippen molar-refractivity contribution in [1.82, 2.24) is 9.97 Å². The van der Waals surface area contributed by atoms with Gasteiger partial charge in [0, 0.05) is 10.6 Å². The molecule has 0 fully saturated rings. The Hall–Kier alpha value is -3.15. The fourth-order valence-corrected chi connectivity index (χ4v) is 3.19. The number of thioether (sulfide) groups is 1. The Kier molecular flexibility index (Phi) is 6.32. The highest BCUT2D eigenvalue weighted by atomic mass is 35.5. The van der Waals surface area contributed by atoms with Gasteiger partial charge in [0.05, 0.1) is 25.6 Å². The maximum absolute atomic E-state index is 10.1. The lowest BCUT2D eigenvalue weighted by molar-refractivity contribution is 0.355. The Balaban J connectivity index is 2.17. The van der Waals surface area contributed by atoms with Gasteiger partial charge < -0.3 is 19.9 Å². The number of phenols is 1. The number of aromatic nitrogens is 2. The van der Waals surface area contributed by atoms with Gasteiger partial charge in [0.15, 0.2) is 22.5 Å². The van der Waals surface area contributed by atoms with Gasteiger partial charge in [0.25, 0.3) is 0 Å². The second-order valence-corrected chi connectivity index (χ2v) is 6.96. The van der Waals surface area contributed by atoms with E-state index in [1.54, 1.807) is 37.4 Å².